The van der Waals surface area contributed by atoms with Crippen LogP contribution < -0.4 is 16.0 Å². The first kappa shape index (κ1) is 28.7. The van der Waals surface area contributed by atoms with Gasteiger partial charge in [-0.1, -0.05) is 65.7 Å². The van der Waals surface area contributed by atoms with Gasteiger partial charge in [0.05, 0.1) is 5.75 Å². The molecule has 3 N–H and O–H groups in total. The Hall–Kier alpha value is -4.33. The Morgan fingerprint density at radius 2 is 1.52 bits per heavy atom. The monoisotopic (exact) mass is 569 g/mol. The molecule has 0 fully saturated rings. The lowest BCUT2D eigenvalue weighted by Gasteiger charge is -2.12. The van der Waals surface area contributed by atoms with Crippen LogP contribution in [0.5, 0.6) is 0 Å². The second-order valence-corrected chi connectivity index (χ2v) is 10.5. The molecule has 0 saturated carbocycles. The van der Waals surface area contributed by atoms with Crippen molar-refractivity contribution in [2.24, 2.45) is 0 Å². The predicted octanol–water partition coefficient (Wildman–Crippen LogP) is 7.10. The number of benzene rings is 4. The molecule has 0 aliphatic heterocycles. The number of hydrogen-bond acceptors (Lipinski definition) is 4. The highest BCUT2D eigenvalue weighted by Crippen LogP contribution is 2.23. The lowest BCUT2D eigenvalue weighted by Crippen LogP contribution is -2.30. The minimum absolute atomic E-state index is 0.0449. The van der Waals surface area contributed by atoms with Crippen LogP contribution in [-0.4, -0.2) is 23.5 Å². The molecule has 4 aromatic carbocycles. The number of aryl methyl sites for hydroxylation is 2. The molecule has 4 rings (SSSR count). The van der Waals surface area contributed by atoms with Gasteiger partial charge in [-0.15, -0.1) is 11.8 Å². The van der Waals surface area contributed by atoms with Crippen LogP contribution in [-0.2, 0) is 9.59 Å². The molecule has 4 aromatic rings. The Morgan fingerprint density at radius 1 is 0.825 bits per heavy atom. The van der Waals surface area contributed by atoms with Crippen LogP contribution in [0.2, 0.25) is 5.02 Å². The summed E-state index contributed by atoms with van der Waals surface area (Å²) in [6.45, 7) is 3.97. The summed E-state index contributed by atoms with van der Waals surface area (Å²) in [4.78, 5) is 39.3. The number of halogens is 1. The molecule has 0 radical (unpaired) electrons. The molecule has 202 valence electrons. The number of amides is 3. The van der Waals surface area contributed by atoms with Crippen molar-refractivity contribution in [3.63, 3.8) is 0 Å². The Morgan fingerprint density at radius 3 is 2.23 bits per heavy atom. The van der Waals surface area contributed by atoms with Gasteiger partial charge in [0.2, 0.25) is 5.91 Å². The highest BCUT2D eigenvalue weighted by molar-refractivity contribution is 8.00. The number of rotatable bonds is 9. The van der Waals surface area contributed by atoms with Gasteiger partial charge in [0.1, 0.15) is 5.70 Å². The summed E-state index contributed by atoms with van der Waals surface area (Å²) < 4.78 is 0. The second-order valence-electron chi connectivity index (χ2n) is 9.03. The number of nitrogens with one attached hydrogen (secondary N) is 3. The Balaban J connectivity index is 1.41. The summed E-state index contributed by atoms with van der Waals surface area (Å²) in [5, 5.41) is 8.91. The van der Waals surface area contributed by atoms with E-state index in [0.717, 1.165) is 21.7 Å². The summed E-state index contributed by atoms with van der Waals surface area (Å²) >= 11 is 7.69. The van der Waals surface area contributed by atoms with E-state index in [-0.39, 0.29) is 17.4 Å². The maximum atomic E-state index is 13.2. The first-order chi connectivity index (χ1) is 19.3. The average Bonchev–Trinajstić information content (AvgIpc) is 2.95. The fraction of sp³-hybridized carbons (Fsp3) is 0.0938. The fourth-order valence-corrected chi connectivity index (χ4v) is 4.70. The Kier molecular flexibility index (Phi) is 9.78. The van der Waals surface area contributed by atoms with Gasteiger partial charge in [0, 0.05) is 26.9 Å². The lowest BCUT2D eigenvalue weighted by molar-refractivity contribution is -0.114. The molecule has 0 saturated heterocycles. The van der Waals surface area contributed by atoms with Crippen molar-refractivity contribution in [1.82, 2.24) is 5.32 Å². The molecular weight excluding hydrogens is 542 g/mol. The number of thioether (sulfide) groups is 1. The van der Waals surface area contributed by atoms with Crippen molar-refractivity contribution in [3.8, 4) is 0 Å². The van der Waals surface area contributed by atoms with Crippen molar-refractivity contribution in [2.75, 3.05) is 16.4 Å². The van der Waals surface area contributed by atoms with Gasteiger partial charge >= 0.3 is 0 Å². The van der Waals surface area contributed by atoms with Crippen LogP contribution in [0.3, 0.4) is 0 Å². The third-order valence-corrected chi connectivity index (χ3v) is 7.23. The van der Waals surface area contributed by atoms with Crippen molar-refractivity contribution in [3.05, 3.63) is 130 Å². The third kappa shape index (κ3) is 8.09. The highest BCUT2D eigenvalue weighted by Gasteiger charge is 2.16. The minimum Gasteiger partial charge on any atom is -0.325 e. The molecule has 0 aliphatic rings. The SMILES string of the molecule is Cc1ccc(NC(=O)CSc2ccc(NC(=O)/C(=C/c3ccccc3Cl)NC(=O)c3ccccc3)cc2)c(C)c1. The molecule has 8 heteroatoms. The van der Waals surface area contributed by atoms with E-state index in [1.165, 1.54) is 17.8 Å². The first-order valence-corrected chi connectivity index (χ1v) is 13.9. The molecule has 0 spiro atoms. The van der Waals surface area contributed by atoms with Gasteiger partial charge < -0.3 is 16.0 Å². The summed E-state index contributed by atoms with van der Waals surface area (Å²) in [5.74, 6) is -0.773. The Labute approximate surface area is 242 Å². The van der Waals surface area contributed by atoms with E-state index in [2.05, 4.69) is 16.0 Å². The van der Waals surface area contributed by atoms with Crippen LogP contribution in [0.15, 0.2) is 108 Å². The first-order valence-electron chi connectivity index (χ1n) is 12.5. The van der Waals surface area contributed by atoms with E-state index >= 15 is 0 Å². The van der Waals surface area contributed by atoms with Crippen LogP contribution >= 0.6 is 23.4 Å². The second kappa shape index (κ2) is 13.6. The normalized spacial score (nSPS) is 11.0. The fourth-order valence-electron chi connectivity index (χ4n) is 3.81. The standard InChI is InChI=1S/C32H28ClN3O3S/c1-21-12-17-28(22(2)18-21)35-30(37)20-40-26-15-13-25(14-16-26)34-32(39)29(19-24-10-6-7-11-27(24)33)36-31(38)23-8-4-3-5-9-23/h3-19H,20H2,1-2H3,(H,34,39)(H,35,37)(H,36,38)/b29-19-. The molecule has 0 bridgehead atoms. The van der Waals surface area contributed by atoms with E-state index in [1.54, 1.807) is 60.7 Å². The van der Waals surface area contributed by atoms with E-state index in [4.69, 9.17) is 11.6 Å². The van der Waals surface area contributed by atoms with Gasteiger partial charge in [-0.3, -0.25) is 14.4 Å². The van der Waals surface area contributed by atoms with Crippen LogP contribution in [0.1, 0.15) is 27.0 Å². The maximum absolute atomic E-state index is 13.2. The zero-order valence-electron chi connectivity index (χ0n) is 22.0. The van der Waals surface area contributed by atoms with Crippen molar-refractivity contribution >= 4 is 58.5 Å². The van der Waals surface area contributed by atoms with Gasteiger partial charge in [-0.25, -0.2) is 0 Å². The Bertz CT molecular complexity index is 1550. The summed E-state index contributed by atoms with van der Waals surface area (Å²) in [6, 6.07) is 28.7. The smallest absolute Gasteiger partial charge is 0.272 e. The van der Waals surface area contributed by atoms with E-state index in [9.17, 15) is 14.4 Å². The number of anilines is 2. The zero-order valence-corrected chi connectivity index (χ0v) is 23.6. The predicted molar refractivity (Wildman–Crippen MR) is 164 cm³/mol. The van der Waals surface area contributed by atoms with E-state index in [1.807, 2.05) is 50.2 Å². The number of carbonyl (C=O) groups excluding carboxylic acids is 3. The van der Waals surface area contributed by atoms with Crippen LogP contribution in [0, 0.1) is 13.8 Å². The molecule has 0 unspecified atom stereocenters. The highest BCUT2D eigenvalue weighted by atomic mass is 35.5. The molecule has 40 heavy (non-hydrogen) atoms. The third-order valence-electron chi connectivity index (χ3n) is 5.87. The van der Waals surface area contributed by atoms with Gasteiger partial charge in [-0.2, -0.15) is 0 Å². The van der Waals surface area contributed by atoms with E-state index in [0.29, 0.717) is 21.8 Å². The van der Waals surface area contributed by atoms with Crippen molar-refractivity contribution in [1.29, 1.82) is 0 Å². The molecule has 6 nitrogen and oxygen atoms in total. The molecule has 0 aromatic heterocycles. The molecule has 0 heterocycles. The lowest BCUT2D eigenvalue weighted by atomic mass is 10.1. The van der Waals surface area contributed by atoms with Gasteiger partial charge in [0.25, 0.3) is 11.8 Å². The largest absolute Gasteiger partial charge is 0.325 e. The topological polar surface area (TPSA) is 87.3 Å². The summed E-state index contributed by atoms with van der Waals surface area (Å²) in [6.07, 6.45) is 1.54. The quantitative estimate of drug-likeness (QED) is 0.148. The number of hydrogen-bond donors (Lipinski definition) is 3. The van der Waals surface area contributed by atoms with E-state index < -0.39 is 11.8 Å². The minimum atomic E-state index is -0.502. The zero-order chi connectivity index (χ0) is 28.5. The van der Waals surface area contributed by atoms with Crippen LogP contribution in [0.4, 0.5) is 11.4 Å². The average molecular weight is 570 g/mol. The van der Waals surface area contributed by atoms with Crippen LogP contribution in [0.25, 0.3) is 6.08 Å². The molecule has 0 aliphatic carbocycles. The van der Waals surface area contributed by atoms with Crippen molar-refractivity contribution < 1.29 is 14.4 Å². The number of carbonyl (C=O) groups is 3. The molecule has 0 atom stereocenters. The molecular formula is C32H28ClN3O3S. The van der Waals surface area contributed by atoms with Gasteiger partial charge in [0.15, 0.2) is 0 Å². The van der Waals surface area contributed by atoms with Gasteiger partial charge in [-0.05, 0) is 79.6 Å². The van der Waals surface area contributed by atoms with Crippen molar-refractivity contribution in [2.45, 2.75) is 18.7 Å². The maximum Gasteiger partial charge on any atom is 0.272 e. The summed E-state index contributed by atoms with van der Waals surface area (Å²) in [5.41, 5.74) is 4.55. The summed E-state index contributed by atoms with van der Waals surface area (Å²) in [7, 11) is 0. The molecule has 3 amide bonds.